The van der Waals surface area contributed by atoms with E-state index in [0.29, 0.717) is 29.0 Å². The first kappa shape index (κ1) is 12.0. The number of aldehydes is 1. The Bertz CT molecular complexity index is 339. The monoisotopic (exact) mass is 228 g/mol. The molecule has 1 aromatic rings. The molecule has 0 saturated heterocycles. The molecule has 0 aliphatic carbocycles. The lowest BCUT2D eigenvalue weighted by Gasteiger charge is -2.12. The minimum Gasteiger partial charge on any atom is -0.489 e. The fraction of sp³-hybridized carbons (Fsp3) is 0.364. The number of benzene rings is 1. The van der Waals surface area contributed by atoms with Crippen LogP contribution in [0, 0.1) is 0 Å². The van der Waals surface area contributed by atoms with E-state index in [-0.39, 0.29) is 6.61 Å². The Kier molecular flexibility index (Phi) is 4.59. The molecule has 0 bridgehead atoms. The number of rotatable bonds is 5. The summed E-state index contributed by atoms with van der Waals surface area (Å²) in [4.78, 5) is 10.7. The fourth-order valence-electron chi connectivity index (χ4n) is 1.07. The Hall–Kier alpha value is -1.06. The van der Waals surface area contributed by atoms with Crippen molar-refractivity contribution in [3.05, 3.63) is 28.8 Å². The van der Waals surface area contributed by atoms with Crippen molar-refractivity contribution in [1.29, 1.82) is 0 Å². The van der Waals surface area contributed by atoms with Crippen molar-refractivity contribution in [2.24, 2.45) is 0 Å². The Morgan fingerprint density at radius 3 is 2.93 bits per heavy atom. The van der Waals surface area contributed by atoms with Crippen LogP contribution >= 0.6 is 11.6 Å². The van der Waals surface area contributed by atoms with Gasteiger partial charge in [-0.2, -0.15) is 0 Å². The summed E-state index contributed by atoms with van der Waals surface area (Å²) in [6.07, 6.45) is 0.737. The molecular weight excluding hydrogens is 216 g/mol. The first-order valence-electron chi connectivity index (χ1n) is 4.73. The van der Waals surface area contributed by atoms with Crippen molar-refractivity contribution in [1.82, 2.24) is 0 Å². The van der Waals surface area contributed by atoms with Gasteiger partial charge in [0.15, 0.2) is 6.29 Å². The molecule has 0 fully saturated rings. The average Bonchev–Trinajstić information content (AvgIpc) is 2.26. The van der Waals surface area contributed by atoms with Gasteiger partial charge in [0.05, 0.1) is 16.7 Å². The van der Waals surface area contributed by atoms with E-state index in [4.69, 9.17) is 16.3 Å². The quantitative estimate of drug-likeness (QED) is 0.787. The zero-order chi connectivity index (χ0) is 11.3. The zero-order valence-electron chi connectivity index (χ0n) is 8.44. The molecule has 1 rings (SSSR count). The van der Waals surface area contributed by atoms with Crippen molar-refractivity contribution in [2.45, 2.75) is 19.4 Å². The fourth-order valence-corrected chi connectivity index (χ4v) is 1.30. The molecule has 1 unspecified atom stereocenters. The largest absolute Gasteiger partial charge is 0.489 e. The number of halogens is 1. The summed E-state index contributed by atoms with van der Waals surface area (Å²) in [5, 5.41) is 9.70. The van der Waals surface area contributed by atoms with E-state index < -0.39 is 6.10 Å². The first-order chi connectivity index (χ1) is 7.19. The third-order valence-electron chi connectivity index (χ3n) is 2.02. The molecule has 0 aromatic heterocycles. The number of ether oxygens (including phenoxy) is 1. The van der Waals surface area contributed by atoms with Gasteiger partial charge in [-0.3, -0.25) is 4.79 Å². The molecule has 4 heteroatoms. The van der Waals surface area contributed by atoms with Crippen molar-refractivity contribution in [3.63, 3.8) is 0 Å². The molecule has 15 heavy (non-hydrogen) atoms. The summed E-state index contributed by atoms with van der Waals surface area (Å²) in [5.74, 6) is 0.335. The van der Waals surface area contributed by atoms with Crippen LogP contribution in [-0.2, 0) is 0 Å². The lowest BCUT2D eigenvalue weighted by molar-refractivity contribution is 0.101. The highest BCUT2D eigenvalue weighted by Gasteiger charge is 2.09. The number of aliphatic hydroxyl groups excluding tert-OH is 1. The van der Waals surface area contributed by atoms with Gasteiger partial charge in [-0.25, -0.2) is 0 Å². The van der Waals surface area contributed by atoms with Gasteiger partial charge in [0.1, 0.15) is 12.4 Å². The van der Waals surface area contributed by atoms with E-state index in [2.05, 4.69) is 0 Å². The van der Waals surface area contributed by atoms with Gasteiger partial charge in [-0.15, -0.1) is 0 Å². The van der Waals surface area contributed by atoms with Crippen molar-refractivity contribution < 1.29 is 14.6 Å². The summed E-state index contributed by atoms with van der Waals surface area (Å²) in [5.41, 5.74) is 0.394. The maximum absolute atomic E-state index is 10.7. The summed E-state index contributed by atoms with van der Waals surface area (Å²) >= 11 is 5.87. The van der Waals surface area contributed by atoms with E-state index in [0.717, 1.165) is 0 Å². The lowest BCUT2D eigenvalue weighted by Crippen LogP contribution is -2.16. The molecule has 0 radical (unpaired) electrons. The third kappa shape index (κ3) is 3.22. The molecule has 0 aliphatic heterocycles. The highest BCUT2D eigenvalue weighted by Crippen LogP contribution is 2.27. The second-order valence-electron chi connectivity index (χ2n) is 3.15. The van der Waals surface area contributed by atoms with Gasteiger partial charge in [0.25, 0.3) is 0 Å². The standard InChI is InChI=1S/C11H13ClO3/c1-2-9(14)7-15-11-8(6-13)4-3-5-10(11)12/h3-6,9,14H,2,7H2,1H3. The molecule has 1 N–H and O–H groups in total. The van der Waals surface area contributed by atoms with Crippen LogP contribution in [-0.4, -0.2) is 24.1 Å². The number of hydrogen-bond acceptors (Lipinski definition) is 3. The zero-order valence-corrected chi connectivity index (χ0v) is 9.20. The van der Waals surface area contributed by atoms with E-state index in [1.54, 1.807) is 18.2 Å². The molecule has 0 amide bonds. The van der Waals surface area contributed by atoms with Gasteiger partial charge in [0, 0.05) is 0 Å². The van der Waals surface area contributed by atoms with Crippen LogP contribution in [0.2, 0.25) is 5.02 Å². The molecule has 1 atom stereocenters. The first-order valence-corrected chi connectivity index (χ1v) is 5.11. The van der Waals surface area contributed by atoms with Gasteiger partial charge in [0.2, 0.25) is 0 Å². The van der Waals surface area contributed by atoms with E-state index in [1.807, 2.05) is 6.92 Å². The van der Waals surface area contributed by atoms with E-state index in [1.165, 1.54) is 0 Å². The normalized spacial score (nSPS) is 12.2. The van der Waals surface area contributed by atoms with Crippen LogP contribution in [0.25, 0.3) is 0 Å². The van der Waals surface area contributed by atoms with Crippen molar-refractivity contribution in [3.8, 4) is 5.75 Å². The van der Waals surface area contributed by atoms with Gasteiger partial charge < -0.3 is 9.84 Å². The van der Waals surface area contributed by atoms with Gasteiger partial charge >= 0.3 is 0 Å². The summed E-state index contributed by atoms with van der Waals surface area (Å²) < 4.78 is 5.30. The molecule has 0 spiro atoms. The molecular formula is C11H13ClO3. The number of para-hydroxylation sites is 1. The van der Waals surface area contributed by atoms with Crippen molar-refractivity contribution >= 4 is 17.9 Å². The Morgan fingerprint density at radius 2 is 2.33 bits per heavy atom. The highest BCUT2D eigenvalue weighted by atomic mass is 35.5. The number of hydrogen-bond donors (Lipinski definition) is 1. The SMILES string of the molecule is CCC(O)COc1c(Cl)cccc1C=O. The minimum atomic E-state index is -0.541. The maximum atomic E-state index is 10.7. The summed E-state index contributed by atoms with van der Waals surface area (Å²) in [6, 6.07) is 4.93. The van der Waals surface area contributed by atoms with Crippen LogP contribution in [0.4, 0.5) is 0 Å². The highest BCUT2D eigenvalue weighted by molar-refractivity contribution is 6.32. The van der Waals surface area contributed by atoms with Crippen molar-refractivity contribution in [2.75, 3.05) is 6.61 Å². The Labute approximate surface area is 93.6 Å². The molecule has 3 nitrogen and oxygen atoms in total. The second kappa shape index (κ2) is 5.73. The second-order valence-corrected chi connectivity index (χ2v) is 3.56. The van der Waals surface area contributed by atoms with Crippen LogP contribution in [0.1, 0.15) is 23.7 Å². The predicted molar refractivity (Wildman–Crippen MR) is 58.6 cm³/mol. The molecule has 0 heterocycles. The summed E-state index contributed by atoms with van der Waals surface area (Å²) in [6.45, 7) is 1.99. The lowest BCUT2D eigenvalue weighted by atomic mass is 10.2. The van der Waals surface area contributed by atoms with Crippen LogP contribution < -0.4 is 4.74 Å². The molecule has 82 valence electrons. The molecule has 1 aromatic carbocycles. The molecule has 0 saturated carbocycles. The van der Waals surface area contributed by atoms with Crippen LogP contribution in [0.5, 0.6) is 5.75 Å². The average molecular weight is 229 g/mol. The van der Waals surface area contributed by atoms with Gasteiger partial charge in [-0.1, -0.05) is 24.6 Å². The number of carbonyl (C=O) groups excluding carboxylic acids is 1. The van der Waals surface area contributed by atoms with E-state index >= 15 is 0 Å². The third-order valence-corrected chi connectivity index (χ3v) is 2.31. The van der Waals surface area contributed by atoms with Crippen LogP contribution in [0.3, 0.4) is 0 Å². The van der Waals surface area contributed by atoms with Crippen LogP contribution in [0.15, 0.2) is 18.2 Å². The minimum absolute atomic E-state index is 0.140. The number of aliphatic hydroxyl groups is 1. The smallest absolute Gasteiger partial charge is 0.153 e. The molecule has 0 aliphatic rings. The summed E-state index contributed by atoms with van der Waals surface area (Å²) in [7, 11) is 0. The maximum Gasteiger partial charge on any atom is 0.153 e. The Balaban J connectivity index is 2.78. The predicted octanol–water partition coefficient (Wildman–Crippen LogP) is 2.30. The topological polar surface area (TPSA) is 46.5 Å². The van der Waals surface area contributed by atoms with Gasteiger partial charge in [-0.05, 0) is 18.6 Å². The number of carbonyl (C=O) groups is 1. The van der Waals surface area contributed by atoms with E-state index in [9.17, 15) is 9.90 Å². The Morgan fingerprint density at radius 1 is 1.60 bits per heavy atom.